The summed E-state index contributed by atoms with van der Waals surface area (Å²) < 4.78 is 5.55. The highest BCUT2D eigenvalue weighted by molar-refractivity contribution is 7.43. The fraction of sp³-hybridized carbons (Fsp3) is 0.933. The summed E-state index contributed by atoms with van der Waals surface area (Å²) in [6, 6.07) is 2.92. The van der Waals surface area contributed by atoms with E-state index in [4.69, 9.17) is 9.79 Å². The molecule has 0 amide bonds. The third kappa shape index (κ3) is 6.45. The van der Waals surface area contributed by atoms with Crippen LogP contribution in [-0.4, -0.2) is 50.6 Å². The number of nitriles is 1. The van der Waals surface area contributed by atoms with Crippen molar-refractivity contribution in [3.63, 3.8) is 0 Å². The maximum atomic E-state index is 10.6. The topological polar surface area (TPSA) is 63.0 Å². The van der Waals surface area contributed by atoms with Gasteiger partial charge in [-0.25, -0.2) is 10.0 Å². The number of rotatable bonds is 10. The van der Waals surface area contributed by atoms with Crippen LogP contribution >= 0.6 is 8.53 Å². The molecular weight excluding hydrogens is 299 g/mol. The van der Waals surface area contributed by atoms with E-state index in [1.165, 1.54) is 0 Å². The second-order valence-electron chi connectivity index (χ2n) is 6.40. The quantitative estimate of drug-likeness (QED) is 0.375. The van der Waals surface area contributed by atoms with Gasteiger partial charge < -0.3 is 9.42 Å². The summed E-state index contributed by atoms with van der Waals surface area (Å²) in [5, 5.41) is 12.9. The molecule has 1 atom stereocenters. The minimum atomic E-state index is -1.83. The lowest BCUT2D eigenvalue weighted by Gasteiger charge is -2.49. The van der Waals surface area contributed by atoms with Gasteiger partial charge in [0.1, 0.15) is 0 Å². The molecule has 0 fully saturated rings. The minimum absolute atomic E-state index is 0.219. The van der Waals surface area contributed by atoms with Crippen molar-refractivity contribution < 1.29 is 9.42 Å². The van der Waals surface area contributed by atoms with Gasteiger partial charge in [0.2, 0.25) is 0 Å². The lowest BCUT2D eigenvalue weighted by atomic mass is 10.3. The maximum Gasteiger partial charge on any atom is 0.286 e. The Morgan fingerprint density at radius 2 is 1.27 bits per heavy atom. The highest BCUT2D eigenvalue weighted by atomic mass is 31.2. The molecule has 0 spiro atoms. The Labute approximate surface area is 137 Å². The first-order chi connectivity index (χ1) is 10.1. The summed E-state index contributed by atoms with van der Waals surface area (Å²) in [6.45, 7) is 17.1. The number of hydrogen-bond acceptors (Lipinski definition) is 6. The molecule has 0 aromatic heterocycles. The molecule has 0 saturated carbocycles. The summed E-state index contributed by atoms with van der Waals surface area (Å²) in [4.78, 5) is 12.5. The molecule has 0 heterocycles. The molecule has 0 aliphatic carbocycles. The summed E-state index contributed by atoms with van der Waals surface area (Å²) in [5.41, 5.74) is 0. The van der Waals surface area contributed by atoms with Crippen LogP contribution in [-0.2, 0) is 4.52 Å². The summed E-state index contributed by atoms with van der Waals surface area (Å²) in [6.07, 6.45) is 0.278. The molecule has 1 N–H and O–H groups in total. The molecule has 130 valence electrons. The molecule has 7 heteroatoms. The van der Waals surface area contributed by atoms with Gasteiger partial charge in [-0.3, -0.25) is 0 Å². The first-order valence-corrected chi connectivity index (χ1v) is 9.17. The third-order valence-corrected chi connectivity index (χ3v) is 4.24. The Kier molecular flexibility index (Phi) is 10.4. The van der Waals surface area contributed by atoms with Crippen LogP contribution in [0.3, 0.4) is 0 Å². The molecule has 0 radical (unpaired) electrons. The Morgan fingerprint density at radius 1 is 0.909 bits per heavy atom. The largest absolute Gasteiger partial charge is 0.336 e. The van der Waals surface area contributed by atoms with Crippen molar-refractivity contribution in [1.29, 1.82) is 5.26 Å². The SMILES string of the molecule is CC(C)N(C(C)C)N(N(C(C)C)C(C)C)P(O)OCCC#N. The van der Waals surface area contributed by atoms with Gasteiger partial charge in [0.15, 0.2) is 0 Å². The fourth-order valence-electron chi connectivity index (χ4n) is 2.54. The van der Waals surface area contributed by atoms with Crippen molar-refractivity contribution in [1.82, 2.24) is 14.9 Å². The number of hydrogen-bond donors (Lipinski definition) is 1. The first kappa shape index (κ1) is 21.7. The lowest BCUT2D eigenvalue weighted by molar-refractivity contribution is -0.181. The average Bonchev–Trinajstić information content (AvgIpc) is 2.36. The summed E-state index contributed by atoms with van der Waals surface area (Å²) >= 11 is 0. The second-order valence-corrected chi connectivity index (χ2v) is 7.52. The highest BCUT2D eigenvalue weighted by Crippen LogP contribution is 2.42. The molecule has 6 nitrogen and oxygen atoms in total. The Hall–Kier alpha value is -0.280. The standard InChI is InChI=1S/C15H33N4O2P/c1-12(2)17(13(3)4)19(18(14(5)6)15(7)8)22(20)21-11-9-10-16/h12-15,20H,9,11H2,1-8H3. The van der Waals surface area contributed by atoms with Crippen LogP contribution in [0.15, 0.2) is 0 Å². The predicted molar refractivity (Wildman–Crippen MR) is 91.4 cm³/mol. The zero-order chi connectivity index (χ0) is 17.4. The van der Waals surface area contributed by atoms with E-state index in [-0.39, 0.29) is 37.2 Å². The van der Waals surface area contributed by atoms with E-state index in [0.717, 1.165) is 0 Å². The molecule has 22 heavy (non-hydrogen) atoms. The Morgan fingerprint density at radius 3 is 1.55 bits per heavy atom. The van der Waals surface area contributed by atoms with Gasteiger partial charge in [-0.05, 0) is 55.4 Å². The van der Waals surface area contributed by atoms with E-state index in [9.17, 15) is 4.89 Å². The smallest absolute Gasteiger partial charge is 0.286 e. The van der Waals surface area contributed by atoms with E-state index in [2.05, 4.69) is 65.4 Å². The molecule has 0 saturated heterocycles. The van der Waals surface area contributed by atoms with Gasteiger partial charge in [-0.1, -0.05) is 4.89 Å². The van der Waals surface area contributed by atoms with Crippen molar-refractivity contribution in [2.24, 2.45) is 0 Å². The van der Waals surface area contributed by atoms with E-state index < -0.39 is 8.53 Å². The molecule has 0 rings (SSSR count). The zero-order valence-electron chi connectivity index (χ0n) is 15.3. The molecule has 0 aliphatic heterocycles. The molecule has 0 bridgehead atoms. The van der Waals surface area contributed by atoms with Crippen LogP contribution in [0.25, 0.3) is 0 Å². The van der Waals surface area contributed by atoms with Crippen molar-refractivity contribution >= 4 is 8.53 Å². The van der Waals surface area contributed by atoms with Crippen LogP contribution in [0.4, 0.5) is 0 Å². The van der Waals surface area contributed by atoms with Crippen LogP contribution in [0, 0.1) is 11.3 Å². The zero-order valence-corrected chi connectivity index (χ0v) is 16.2. The average molecular weight is 332 g/mol. The van der Waals surface area contributed by atoms with Crippen molar-refractivity contribution in [2.45, 2.75) is 86.0 Å². The van der Waals surface area contributed by atoms with Crippen molar-refractivity contribution in [3.8, 4) is 6.07 Å². The maximum absolute atomic E-state index is 10.6. The predicted octanol–water partition coefficient (Wildman–Crippen LogP) is 3.51. The molecule has 0 aromatic rings. The minimum Gasteiger partial charge on any atom is -0.336 e. The van der Waals surface area contributed by atoms with Crippen LogP contribution < -0.4 is 0 Å². The summed E-state index contributed by atoms with van der Waals surface area (Å²) in [7, 11) is -1.83. The van der Waals surface area contributed by atoms with Crippen molar-refractivity contribution in [3.05, 3.63) is 0 Å². The van der Waals surface area contributed by atoms with Crippen LogP contribution in [0.2, 0.25) is 0 Å². The van der Waals surface area contributed by atoms with E-state index in [1.807, 2.05) is 11.0 Å². The third-order valence-electron chi connectivity index (χ3n) is 3.10. The van der Waals surface area contributed by atoms with Crippen molar-refractivity contribution in [2.75, 3.05) is 6.61 Å². The van der Waals surface area contributed by atoms with Gasteiger partial charge >= 0.3 is 0 Å². The van der Waals surface area contributed by atoms with Gasteiger partial charge in [-0.15, -0.1) is 0 Å². The van der Waals surface area contributed by atoms with Gasteiger partial charge in [0.25, 0.3) is 8.53 Å². The molecule has 0 aliphatic rings. The van der Waals surface area contributed by atoms with Gasteiger partial charge in [0.05, 0.1) is 19.1 Å². The number of hydrazine groups is 2. The number of nitrogens with zero attached hydrogens (tertiary/aromatic N) is 4. The normalized spacial score (nSPS) is 14.1. The molecule has 1 unspecified atom stereocenters. The summed E-state index contributed by atoms with van der Waals surface area (Å²) in [5.74, 6) is 0. The second kappa shape index (κ2) is 10.5. The fourth-order valence-corrected chi connectivity index (χ4v) is 4.08. The monoisotopic (exact) mass is 332 g/mol. The Bertz CT molecular complexity index is 309. The van der Waals surface area contributed by atoms with Gasteiger partial charge in [-0.2, -0.15) is 5.26 Å². The molecule has 0 aromatic carbocycles. The van der Waals surface area contributed by atoms with Crippen LogP contribution in [0.5, 0.6) is 0 Å². The lowest BCUT2D eigenvalue weighted by Crippen LogP contribution is -2.59. The van der Waals surface area contributed by atoms with Crippen LogP contribution in [0.1, 0.15) is 61.8 Å². The van der Waals surface area contributed by atoms with E-state index in [1.54, 1.807) is 0 Å². The van der Waals surface area contributed by atoms with Gasteiger partial charge in [0, 0.05) is 24.2 Å². The highest BCUT2D eigenvalue weighted by Gasteiger charge is 2.36. The molecular formula is C15H33N4O2P. The first-order valence-electron chi connectivity index (χ1n) is 8.00. The van der Waals surface area contributed by atoms with E-state index >= 15 is 0 Å². The van der Waals surface area contributed by atoms with E-state index in [0.29, 0.717) is 0 Å². The Balaban J connectivity index is 5.49.